The second-order valence-corrected chi connectivity index (χ2v) is 5.34. The standard InChI is InChI=1S/C14H15FN2O2S/c1-18-11-4-2-3-9(15)13(11)10-8-20-14(17-10)12-7-16-5-6-19-12/h2-4,8,12,16H,5-7H2,1H3. The van der Waals surface area contributed by atoms with Gasteiger partial charge in [0.25, 0.3) is 0 Å². The van der Waals surface area contributed by atoms with Gasteiger partial charge in [-0.3, -0.25) is 0 Å². The summed E-state index contributed by atoms with van der Waals surface area (Å²) in [6.07, 6.45) is -0.0553. The Morgan fingerprint density at radius 2 is 2.40 bits per heavy atom. The minimum Gasteiger partial charge on any atom is -0.496 e. The van der Waals surface area contributed by atoms with Gasteiger partial charge in [0, 0.05) is 18.5 Å². The first-order valence-electron chi connectivity index (χ1n) is 6.40. The van der Waals surface area contributed by atoms with E-state index in [1.54, 1.807) is 12.1 Å². The lowest BCUT2D eigenvalue weighted by Crippen LogP contribution is -2.33. The van der Waals surface area contributed by atoms with Crippen LogP contribution in [0.15, 0.2) is 23.6 Å². The molecule has 1 aromatic carbocycles. The van der Waals surface area contributed by atoms with Crippen LogP contribution in [-0.4, -0.2) is 31.8 Å². The third-order valence-electron chi connectivity index (χ3n) is 3.18. The van der Waals surface area contributed by atoms with E-state index in [-0.39, 0.29) is 11.9 Å². The van der Waals surface area contributed by atoms with Gasteiger partial charge in [-0.25, -0.2) is 9.37 Å². The van der Waals surface area contributed by atoms with E-state index < -0.39 is 0 Å². The highest BCUT2D eigenvalue weighted by Gasteiger charge is 2.21. The number of aromatic nitrogens is 1. The summed E-state index contributed by atoms with van der Waals surface area (Å²) in [6.45, 7) is 2.26. The molecule has 4 nitrogen and oxygen atoms in total. The normalized spacial score (nSPS) is 19.0. The number of morpholine rings is 1. The smallest absolute Gasteiger partial charge is 0.136 e. The molecule has 1 aliphatic rings. The van der Waals surface area contributed by atoms with E-state index in [0.717, 1.165) is 18.1 Å². The number of thiazole rings is 1. The van der Waals surface area contributed by atoms with Crippen molar-refractivity contribution < 1.29 is 13.9 Å². The molecule has 0 aliphatic carbocycles. The number of halogens is 1. The lowest BCUT2D eigenvalue weighted by molar-refractivity contribution is 0.0276. The fraction of sp³-hybridized carbons (Fsp3) is 0.357. The summed E-state index contributed by atoms with van der Waals surface area (Å²) in [7, 11) is 1.53. The molecule has 2 heterocycles. The summed E-state index contributed by atoms with van der Waals surface area (Å²) in [5.74, 6) is 0.161. The first-order chi connectivity index (χ1) is 9.79. The summed E-state index contributed by atoms with van der Waals surface area (Å²) in [5, 5.41) is 5.96. The third-order valence-corrected chi connectivity index (χ3v) is 4.11. The van der Waals surface area contributed by atoms with Crippen LogP contribution in [0.3, 0.4) is 0 Å². The molecule has 3 rings (SSSR count). The van der Waals surface area contributed by atoms with Gasteiger partial charge < -0.3 is 14.8 Å². The number of hydrogen-bond acceptors (Lipinski definition) is 5. The van der Waals surface area contributed by atoms with Gasteiger partial charge in [0.15, 0.2) is 0 Å². The van der Waals surface area contributed by atoms with Crippen molar-refractivity contribution in [3.63, 3.8) is 0 Å². The molecule has 1 unspecified atom stereocenters. The van der Waals surface area contributed by atoms with Gasteiger partial charge >= 0.3 is 0 Å². The van der Waals surface area contributed by atoms with Crippen LogP contribution in [0.2, 0.25) is 0 Å². The molecule has 0 amide bonds. The average molecular weight is 294 g/mol. The Kier molecular flexibility index (Phi) is 3.95. The monoisotopic (exact) mass is 294 g/mol. The summed E-state index contributed by atoms with van der Waals surface area (Å²) in [5.41, 5.74) is 0.996. The Hall–Kier alpha value is -1.50. The molecule has 20 heavy (non-hydrogen) atoms. The van der Waals surface area contributed by atoms with Crippen molar-refractivity contribution in [2.24, 2.45) is 0 Å². The zero-order chi connectivity index (χ0) is 13.9. The second kappa shape index (κ2) is 5.87. The van der Waals surface area contributed by atoms with Crippen molar-refractivity contribution in [1.29, 1.82) is 0 Å². The molecule has 2 aromatic rings. The summed E-state index contributed by atoms with van der Waals surface area (Å²) in [4.78, 5) is 4.51. The van der Waals surface area contributed by atoms with Crippen LogP contribution in [0.25, 0.3) is 11.3 Å². The lowest BCUT2D eigenvalue weighted by atomic mass is 10.1. The molecular formula is C14H15FN2O2S. The Morgan fingerprint density at radius 1 is 1.50 bits per heavy atom. The molecule has 106 valence electrons. The Bertz CT molecular complexity index is 597. The summed E-state index contributed by atoms with van der Waals surface area (Å²) >= 11 is 1.48. The number of ether oxygens (including phenoxy) is 2. The SMILES string of the molecule is COc1cccc(F)c1-c1csc(C2CNCCO2)n1. The van der Waals surface area contributed by atoms with Gasteiger partial charge in [0.1, 0.15) is 22.7 Å². The van der Waals surface area contributed by atoms with Crippen molar-refractivity contribution >= 4 is 11.3 Å². The fourth-order valence-electron chi connectivity index (χ4n) is 2.20. The van der Waals surface area contributed by atoms with E-state index in [9.17, 15) is 4.39 Å². The molecule has 0 spiro atoms. The number of nitrogens with one attached hydrogen (secondary N) is 1. The quantitative estimate of drug-likeness (QED) is 0.945. The maximum Gasteiger partial charge on any atom is 0.136 e. The van der Waals surface area contributed by atoms with Crippen LogP contribution in [0.4, 0.5) is 4.39 Å². The second-order valence-electron chi connectivity index (χ2n) is 4.45. The minimum atomic E-state index is -0.330. The van der Waals surface area contributed by atoms with E-state index >= 15 is 0 Å². The number of nitrogens with zero attached hydrogens (tertiary/aromatic N) is 1. The van der Waals surface area contributed by atoms with Crippen LogP contribution in [0.1, 0.15) is 11.1 Å². The molecule has 0 bridgehead atoms. The van der Waals surface area contributed by atoms with Crippen molar-refractivity contribution in [2.45, 2.75) is 6.10 Å². The highest BCUT2D eigenvalue weighted by Crippen LogP contribution is 2.34. The predicted molar refractivity (Wildman–Crippen MR) is 75.6 cm³/mol. The first-order valence-corrected chi connectivity index (χ1v) is 7.28. The minimum absolute atomic E-state index is 0.0553. The number of rotatable bonds is 3. The molecular weight excluding hydrogens is 279 g/mol. The Morgan fingerprint density at radius 3 is 3.15 bits per heavy atom. The van der Waals surface area contributed by atoms with Gasteiger partial charge in [-0.15, -0.1) is 11.3 Å². The first kappa shape index (κ1) is 13.5. The number of hydrogen-bond donors (Lipinski definition) is 1. The van der Waals surface area contributed by atoms with Crippen molar-refractivity contribution in [3.05, 3.63) is 34.4 Å². The molecule has 1 N–H and O–H groups in total. The van der Waals surface area contributed by atoms with E-state index in [0.29, 0.717) is 23.6 Å². The van der Waals surface area contributed by atoms with Gasteiger partial charge in [-0.1, -0.05) is 6.07 Å². The van der Waals surface area contributed by atoms with Crippen LogP contribution in [-0.2, 0) is 4.74 Å². The average Bonchev–Trinajstić information content (AvgIpc) is 2.97. The molecule has 6 heteroatoms. The molecule has 1 aromatic heterocycles. The van der Waals surface area contributed by atoms with E-state index in [4.69, 9.17) is 9.47 Å². The van der Waals surface area contributed by atoms with Gasteiger partial charge in [0.05, 0.1) is 25.0 Å². The topological polar surface area (TPSA) is 43.4 Å². The summed E-state index contributed by atoms with van der Waals surface area (Å²) < 4.78 is 24.9. The molecule has 1 aliphatic heterocycles. The molecule has 1 saturated heterocycles. The molecule has 1 atom stereocenters. The largest absolute Gasteiger partial charge is 0.496 e. The third kappa shape index (κ3) is 2.54. The van der Waals surface area contributed by atoms with Crippen LogP contribution >= 0.6 is 11.3 Å². The van der Waals surface area contributed by atoms with Crippen LogP contribution in [0.5, 0.6) is 5.75 Å². The van der Waals surface area contributed by atoms with Crippen LogP contribution in [0, 0.1) is 5.82 Å². The fourth-order valence-corrected chi connectivity index (χ4v) is 3.05. The van der Waals surface area contributed by atoms with Crippen LogP contribution < -0.4 is 10.1 Å². The summed E-state index contributed by atoms with van der Waals surface area (Å²) in [6, 6.07) is 4.77. The lowest BCUT2D eigenvalue weighted by Gasteiger charge is -2.21. The van der Waals surface area contributed by atoms with Gasteiger partial charge in [0.2, 0.25) is 0 Å². The van der Waals surface area contributed by atoms with Crippen molar-refractivity contribution in [3.8, 4) is 17.0 Å². The molecule has 1 fully saturated rings. The predicted octanol–water partition coefficient (Wildman–Crippen LogP) is 2.62. The number of benzene rings is 1. The zero-order valence-corrected chi connectivity index (χ0v) is 11.9. The van der Waals surface area contributed by atoms with Gasteiger partial charge in [-0.2, -0.15) is 0 Å². The van der Waals surface area contributed by atoms with Crippen molar-refractivity contribution in [2.75, 3.05) is 26.8 Å². The van der Waals surface area contributed by atoms with Crippen molar-refractivity contribution in [1.82, 2.24) is 10.3 Å². The highest BCUT2D eigenvalue weighted by molar-refractivity contribution is 7.10. The maximum atomic E-state index is 14.0. The van der Waals surface area contributed by atoms with E-state index in [2.05, 4.69) is 10.3 Å². The highest BCUT2D eigenvalue weighted by atomic mass is 32.1. The molecule has 0 radical (unpaired) electrons. The molecule has 0 saturated carbocycles. The van der Waals surface area contributed by atoms with E-state index in [1.165, 1.54) is 24.5 Å². The zero-order valence-electron chi connectivity index (χ0n) is 11.1. The number of methoxy groups -OCH3 is 1. The Labute approximate surface area is 120 Å². The maximum absolute atomic E-state index is 14.0. The van der Waals surface area contributed by atoms with E-state index in [1.807, 2.05) is 5.38 Å². The van der Waals surface area contributed by atoms with Gasteiger partial charge in [-0.05, 0) is 12.1 Å². The Balaban J connectivity index is 1.93.